The number of nitrogens with zero attached hydrogens (tertiary/aromatic N) is 5. The first-order valence-electron chi connectivity index (χ1n) is 8.31. The summed E-state index contributed by atoms with van der Waals surface area (Å²) in [5, 5.41) is 26.1. The Morgan fingerprint density at radius 1 is 1.28 bits per heavy atom. The highest BCUT2D eigenvalue weighted by atomic mass is 35.5. The molecule has 0 fully saturated rings. The molecule has 2 N–H and O–H groups in total. The summed E-state index contributed by atoms with van der Waals surface area (Å²) < 4.78 is 10.1. The van der Waals surface area contributed by atoms with Crippen molar-refractivity contribution in [3.8, 4) is 28.6 Å². The zero-order valence-electron chi connectivity index (χ0n) is 15.5. The highest BCUT2D eigenvalue weighted by Gasteiger charge is 2.12. The topological polar surface area (TPSA) is 124 Å². The minimum Gasteiger partial charge on any atom is -0.502 e. The van der Waals surface area contributed by atoms with E-state index >= 15 is 0 Å². The van der Waals surface area contributed by atoms with E-state index in [0.29, 0.717) is 22.0 Å². The van der Waals surface area contributed by atoms with E-state index in [4.69, 9.17) is 21.1 Å². The van der Waals surface area contributed by atoms with Crippen molar-refractivity contribution in [2.45, 2.75) is 6.54 Å². The van der Waals surface area contributed by atoms with Crippen LogP contribution in [0.1, 0.15) is 5.56 Å². The SMILES string of the molecule is COc1cc(/C=N\NC(=O)Cn2nnc(-c3ccccc3Cl)n2)cc(OC)c1O. The van der Waals surface area contributed by atoms with Crippen molar-refractivity contribution in [3.05, 3.63) is 47.0 Å². The van der Waals surface area contributed by atoms with E-state index in [0.717, 1.165) is 4.80 Å². The van der Waals surface area contributed by atoms with Crippen molar-refractivity contribution < 1.29 is 19.4 Å². The second-order valence-corrected chi connectivity index (χ2v) is 6.10. The van der Waals surface area contributed by atoms with E-state index in [-0.39, 0.29) is 23.8 Å². The number of nitrogens with one attached hydrogen (secondary N) is 1. The van der Waals surface area contributed by atoms with Crippen molar-refractivity contribution in [2.24, 2.45) is 5.10 Å². The second-order valence-electron chi connectivity index (χ2n) is 5.69. The van der Waals surface area contributed by atoms with Gasteiger partial charge in [-0.3, -0.25) is 4.79 Å². The summed E-state index contributed by atoms with van der Waals surface area (Å²) in [5.41, 5.74) is 3.53. The maximum atomic E-state index is 12.0. The van der Waals surface area contributed by atoms with Gasteiger partial charge in [0.05, 0.1) is 25.5 Å². The Kier molecular flexibility index (Phi) is 6.25. The van der Waals surface area contributed by atoms with Gasteiger partial charge in [-0.05, 0) is 29.5 Å². The molecule has 0 saturated heterocycles. The van der Waals surface area contributed by atoms with E-state index < -0.39 is 5.91 Å². The summed E-state index contributed by atoms with van der Waals surface area (Å²) >= 11 is 6.10. The fourth-order valence-electron chi connectivity index (χ4n) is 2.39. The second kappa shape index (κ2) is 9.02. The Morgan fingerprint density at radius 3 is 2.62 bits per heavy atom. The average molecular weight is 417 g/mol. The lowest BCUT2D eigenvalue weighted by atomic mass is 10.2. The van der Waals surface area contributed by atoms with Crippen LogP contribution < -0.4 is 14.9 Å². The molecule has 0 radical (unpaired) electrons. The molecule has 2 aromatic carbocycles. The molecule has 10 nitrogen and oxygen atoms in total. The number of amides is 1. The van der Waals surface area contributed by atoms with Crippen LogP contribution in [0.4, 0.5) is 0 Å². The summed E-state index contributed by atoms with van der Waals surface area (Å²) in [4.78, 5) is 13.2. The van der Waals surface area contributed by atoms with Gasteiger partial charge < -0.3 is 14.6 Å². The quantitative estimate of drug-likeness (QED) is 0.445. The first kappa shape index (κ1) is 20.1. The fraction of sp³-hybridized carbons (Fsp3) is 0.167. The number of ether oxygens (including phenoxy) is 2. The summed E-state index contributed by atoms with van der Waals surface area (Å²) in [6.07, 6.45) is 1.38. The highest BCUT2D eigenvalue weighted by Crippen LogP contribution is 2.36. The molecule has 0 aliphatic carbocycles. The number of carbonyl (C=O) groups is 1. The molecular formula is C18H17ClN6O4. The number of phenols is 1. The number of aromatic nitrogens is 4. The number of benzene rings is 2. The first-order chi connectivity index (χ1) is 14.0. The van der Waals surface area contributed by atoms with E-state index in [1.807, 2.05) is 0 Å². The molecule has 1 aromatic heterocycles. The molecule has 29 heavy (non-hydrogen) atoms. The molecule has 11 heteroatoms. The molecule has 0 spiro atoms. The van der Waals surface area contributed by atoms with Gasteiger partial charge in [-0.2, -0.15) is 9.90 Å². The minimum atomic E-state index is -0.456. The van der Waals surface area contributed by atoms with Crippen LogP contribution in [0.5, 0.6) is 17.2 Å². The van der Waals surface area contributed by atoms with Gasteiger partial charge in [0.25, 0.3) is 5.91 Å². The van der Waals surface area contributed by atoms with Gasteiger partial charge in [0.1, 0.15) is 6.54 Å². The van der Waals surface area contributed by atoms with Gasteiger partial charge in [-0.1, -0.05) is 23.7 Å². The van der Waals surface area contributed by atoms with Gasteiger partial charge >= 0.3 is 0 Å². The lowest BCUT2D eigenvalue weighted by Gasteiger charge is -2.09. The lowest BCUT2D eigenvalue weighted by Crippen LogP contribution is -2.24. The first-order valence-corrected chi connectivity index (χ1v) is 8.69. The van der Waals surface area contributed by atoms with Gasteiger partial charge in [-0.15, -0.1) is 10.2 Å². The number of phenolic OH excluding ortho intramolecular Hbond substituents is 1. The predicted octanol–water partition coefficient (Wildman–Crippen LogP) is 1.87. The number of tetrazole rings is 1. The number of methoxy groups -OCH3 is 2. The number of hydrogen-bond donors (Lipinski definition) is 2. The Morgan fingerprint density at radius 2 is 1.97 bits per heavy atom. The van der Waals surface area contributed by atoms with E-state index in [2.05, 4.69) is 25.9 Å². The Hall–Kier alpha value is -3.66. The van der Waals surface area contributed by atoms with E-state index in [1.165, 1.54) is 20.4 Å². The van der Waals surface area contributed by atoms with E-state index in [9.17, 15) is 9.90 Å². The van der Waals surface area contributed by atoms with E-state index in [1.54, 1.807) is 36.4 Å². The number of hydrogen-bond acceptors (Lipinski definition) is 8. The highest BCUT2D eigenvalue weighted by molar-refractivity contribution is 6.33. The zero-order valence-corrected chi connectivity index (χ0v) is 16.3. The summed E-state index contributed by atoms with van der Waals surface area (Å²) in [5.74, 6) is 0.173. The third kappa shape index (κ3) is 4.79. The number of carbonyl (C=O) groups excluding carboxylic acids is 1. The molecule has 1 amide bonds. The van der Waals surface area contributed by atoms with Crippen LogP contribution in [0, 0.1) is 0 Å². The van der Waals surface area contributed by atoms with Crippen LogP contribution in [-0.2, 0) is 11.3 Å². The molecule has 0 saturated carbocycles. The minimum absolute atomic E-state index is 0.122. The standard InChI is InChI=1S/C18H17ClN6O4/c1-28-14-7-11(8-15(29-2)17(14)27)9-20-21-16(26)10-25-23-18(22-24-25)12-5-3-4-6-13(12)19/h3-9,27H,10H2,1-2H3,(H,21,26)/b20-9-. The average Bonchev–Trinajstić information content (AvgIpc) is 3.17. The molecule has 0 aliphatic rings. The lowest BCUT2D eigenvalue weighted by molar-refractivity contribution is -0.122. The smallest absolute Gasteiger partial charge is 0.263 e. The van der Waals surface area contributed by atoms with Crippen molar-refractivity contribution in [3.63, 3.8) is 0 Å². The number of aromatic hydroxyl groups is 1. The summed E-state index contributed by atoms with van der Waals surface area (Å²) in [6, 6.07) is 10.2. The van der Waals surface area contributed by atoms with Crippen LogP contribution in [0.3, 0.4) is 0 Å². The van der Waals surface area contributed by atoms with Gasteiger partial charge in [0, 0.05) is 11.1 Å². The molecular weight excluding hydrogens is 400 g/mol. The molecule has 150 valence electrons. The van der Waals surface area contributed by atoms with Crippen molar-refractivity contribution in [1.29, 1.82) is 0 Å². The van der Waals surface area contributed by atoms with Gasteiger partial charge in [-0.25, -0.2) is 5.43 Å². The molecule has 0 aliphatic heterocycles. The summed E-state index contributed by atoms with van der Waals surface area (Å²) in [7, 11) is 2.83. The van der Waals surface area contributed by atoms with Crippen molar-refractivity contribution >= 4 is 23.7 Å². The third-order valence-corrected chi connectivity index (χ3v) is 4.09. The predicted molar refractivity (Wildman–Crippen MR) is 105 cm³/mol. The molecule has 0 unspecified atom stereocenters. The number of hydrazone groups is 1. The van der Waals surface area contributed by atoms with Gasteiger partial charge in [0.15, 0.2) is 11.5 Å². The van der Waals surface area contributed by atoms with Crippen molar-refractivity contribution in [1.82, 2.24) is 25.6 Å². The molecule has 1 heterocycles. The van der Waals surface area contributed by atoms with Crippen molar-refractivity contribution in [2.75, 3.05) is 14.2 Å². The largest absolute Gasteiger partial charge is 0.502 e. The molecule has 3 aromatic rings. The monoisotopic (exact) mass is 416 g/mol. The van der Waals surface area contributed by atoms with Crippen LogP contribution >= 0.6 is 11.6 Å². The maximum absolute atomic E-state index is 12.0. The maximum Gasteiger partial charge on any atom is 0.263 e. The Labute approximate surface area is 170 Å². The van der Waals surface area contributed by atoms with Crippen LogP contribution in [0.25, 0.3) is 11.4 Å². The number of halogens is 1. The van der Waals surface area contributed by atoms with Crippen LogP contribution in [0.15, 0.2) is 41.5 Å². The van der Waals surface area contributed by atoms with Gasteiger partial charge in [0.2, 0.25) is 11.6 Å². The molecule has 0 bridgehead atoms. The molecule has 3 rings (SSSR count). The Bertz CT molecular complexity index is 1030. The zero-order chi connectivity index (χ0) is 20.8. The van der Waals surface area contributed by atoms with Crippen LogP contribution in [-0.4, -0.2) is 51.7 Å². The molecule has 0 atom stereocenters. The normalized spacial score (nSPS) is 10.9. The van der Waals surface area contributed by atoms with Crippen LogP contribution in [0.2, 0.25) is 5.02 Å². The number of rotatable bonds is 7. The fourth-order valence-corrected chi connectivity index (χ4v) is 2.61. The third-order valence-electron chi connectivity index (χ3n) is 3.76. The Balaban J connectivity index is 1.63. The summed E-state index contributed by atoms with van der Waals surface area (Å²) in [6.45, 7) is -0.184.